The van der Waals surface area contributed by atoms with Crippen LogP contribution in [-0.2, 0) is 14.3 Å². The van der Waals surface area contributed by atoms with Crippen molar-refractivity contribution in [2.24, 2.45) is 5.73 Å². The standard InChI is InChI=1S/C7H13NO3.ClH/c1-3-5(8)6(9)7(10)11-4-2;/h5H,3-4,8H2,1-2H3;1H. The van der Waals surface area contributed by atoms with Crippen LogP contribution in [0.3, 0.4) is 0 Å². The smallest absolute Gasteiger partial charge is 0.376 e. The Morgan fingerprint density at radius 3 is 2.25 bits per heavy atom. The molecule has 1 atom stereocenters. The maximum Gasteiger partial charge on any atom is 0.376 e. The zero-order chi connectivity index (χ0) is 8.85. The van der Waals surface area contributed by atoms with Crippen LogP contribution in [0.5, 0.6) is 0 Å². The van der Waals surface area contributed by atoms with E-state index in [9.17, 15) is 9.59 Å². The van der Waals surface area contributed by atoms with E-state index in [2.05, 4.69) is 4.74 Å². The van der Waals surface area contributed by atoms with Crippen LogP contribution in [0.4, 0.5) is 0 Å². The van der Waals surface area contributed by atoms with Gasteiger partial charge in [-0.05, 0) is 13.3 Å². The molecule has 0 aliphatic carbocycles. The molecule has 72 valence electrons. The van der Waals surface area contributed by atoms with Crippen LogP contribution in [0.15, 0.2) is 0 Å². The van der Waals surface area contributed by atoms with E-state index < -0.39 is 17.8 Å². The SMILES string of the molecule is CCOC(=O)C(=O)C(N)CC.Cl. The van der Waals surface area contributed by atoms with Gasteiger partial charge < -0.3 is 10.5 Å². The van der Waals surface area contributed by atoms with Crippen molar-refractivity contribution in [3.05, 3.63) is 0 Å². The van der Waals surface area contributed by atoms with Crippen LogP contribution >= 0.6 is 12.4 Å². The topological polar surface area (TPSA) is 69.4 Å². The van der Waals surface area contributed by atoms with Gasteiger partial charge in [0.25, 0.3) is 5.78 Å². The lowest BCUT2D eigenvalue weighted by atomic mass is 10.1. The summed E-state index contributed by atoms with van der Waals surface area (Å²) in [6.45, 7) is 3.59. The number of carbonyl (C=O) groups excluding carboxylic acids is 2. The van der Waals surface area contributed by atoms with E-state index >= 15 is 0 Å². The predicted molar refractivity (Wildman–Crippen MR) is 47.2 cm³/mol. The van der Waals surface area contributed by atoms with E-state index in [1.165, 1.54) is 0 Å². The highest BCUT2D eigenvalue weighted by Crippen LogP contribution is 1.91. The van der Waals surface area contributed by atoms with E-state index in [1.807, 2.05) is 0 Å². The van der Waals surface area contributed by atoms with Gasteiger partial charge in [0.1, 0.15) is 0 Å². The van der Waals surface area contributed by atoms with Gasteiger partial charge in [0.05, 0.1) is 12.6 Å². The molecule has 4 nitrogen and oxygen atoms in total. The number of carbonyl (C=O) groups is 2. The first kappa shape index (κ1) is 13.9. The van der Waals surface area contributed by atoms with Crippen molar-refractivity contribution in [1.82, 2.24) is 0 Å². The van der Waals surface area contributed by atoms with Crippen LogP contribution in [0.1, 0.15) is 20.3 Å². The first-order valence-corrected chi connectivity index (χ1v) is 3.60. The van der Waals surface area contributed by atoms with Crippen LogP contribution in [0.2, 0.25) is 0 Å². The highest BCUT2D eigenvalue weighted by Gasteiger charge is 2.20. The lowest BCUT2D eigenvalue weighted by Crippen LogP contribution is -2.36. The molecule has 0 bridgehead atoms. The average Bonchev–Trinajstić information content (AvgIpc) is 2.02. The molecular weight excluding hydrogens is 182 g/mol. The number of halogens is 1. The summed E-state index contributed by atoms with van der Waals surface area (Å²) in [7, 11) is 0. The molecule has 0 saturated carbocycles. The Labute approximate surface area is 77.9 Å². The van der Waals surface area contributed by atoms with Gasteiger partial charge in [-0.1, -0.05) is 6.92 Å². The second-order valence-electron chi connectivity index (χ2n) is 2.10. The highest BCUT2D eigenvalue weighted by atomic mass is 35.5. The monoisotopic (exact) mass is 195 g/mol. The van der Waals surface area contributed by atoms with Crippen LogP contribution in [-0.4, -0.2) is 24.4 Å². The van der Waals surface area contributed by atoms with Crippen molar-refractivity contribution in [2.75, 3.05) is 6.61 Å². The Morgan fingerprint density at radius 2 is 1.92 bits per heavy atom. The van der Waals surface area contributed by atoms with Gasteiger partial charge >= 0.3 is 5.97 Å². The van der Waals surface area contributed by atoms with Gasteiger partial charge in [-0.15, -0.1) is 12.4 Å². The number of hydrogen-bond donors (Lipinski definition) is 1. The third kappa shape index (κ3) is 4.31. The third-order valence-corrected chi connectivity index (χ3v) is 1.25. The Morgan fingerprint density at radius 1 is 1.42 bits per heavy atom. The number of rotatable bonds is 4. The van der Waals surface area contributed by atoms with Gasteiger partial charge in [-0.3, -0.25) is 4.79 Å². The van der Waals surface area contributed by atoms with Crippen molar-refractivity contribution in [3.8, 4) is 0 Å². The molecular formula is C7H14ClNO3. The molecule has 0 aliphatic heterocycles. The van der Waals surface area contributed by atoms with Gasteiger partial charge in [-0.2, -0.15) is 0 Å². The van der Waals surface area contributed by atoms with E-state index in [4.69, 9.17) is 5.73 Å². The number of Topliss-reactive ketones (excluding diaryl/α,β-unsaturated/α-hetero) is 1. The fraction of sp³-hybridized carbons (Fsp3) is 0.714. The zero-order valence-electron chi connectivity index (χ0n) is 7.20. The summed E-state index contributed by atoms with van der Waals surface area (Å²) in [5, 5.41) is 0. The molecule has 5 heteroatoms. The molecule has 2 N–H and O–H groups in total. The summed E-state index contributed by atoms with van der Waals surface area (Å²) in [6.07, 6.45) is 0.456. The minimum absolute atomic E-state index is 0. The first-order valence-electron chi connectivity index (χ1n) is 3.60. The Kier molecular flexibility index (Phi) is 8.21. The maximum absolute atomic E-state index is 10.9. The van der Waals surface area contributed by atoms with Gasteiger partial charge in [-0.25, -0.2) is 4.79 Å². The lowest BCUT2D eigenvalue weighted by Gasteiger charge is -2.05. The Balaban J connectivity index is 0. The summed E-state index contributed by atoms with van der Waals surface area (Å²) >= 11 is 0. The molecule has 0 rings (SSSR count). The van der Waals surface area contributed by atoms with Crippen molar-refractivity contribution in [2.45, 2.75) is 26.3 Å². The van der Waals surface area contributed by atoms with E-state index in [0.717, 1.165) is 0 Å². The minimum Gasteiger partial charge on any atom is -0.460 e. The van der Waals surface area contributed by atoms with Crippen molar-refractivity contribution >= 4 is 24.2 Å². The van der Waals surface area contributed by atoms with Crippen molar-refractivity contribution in [3.63, 3.8) is 0 Å². The Bertz CT molecular complexity index is 161. The highest BCUT2D eigenvalue weighted by molar-refractivity contribution is 6.35. The zero-order valence-corrected chi connectivity index (χ0v) is 8.02. The normalized spacial score (nSPS) is 11.2. The van der Waals surface area contributed by atoms with Crippen molar-refractivity contribution < 1.29 is 14.3 Å². The molecule has 1 unspecified atom stereocenters. The Hall–Kier alpha value is -0.610. The summed E-state index contributed by atoms with van der Waals surface area (Å²) in [5.74, 6) is -1.48. The summed E-state index contributed by atoms with van der Waals surface area (Å²) in [5.41, 5.74) is 5.30. The molecule has 12 heavy (non-hydrogen) atoms. The fourth-order valence-corrected chi connectivity index (χ4v) is 0.539. The van der Waals surface area contributed by atoms with Crippen LogP contribution in [0, 0.1) is 0 Å². The summed E-state index contributed by atoms with van der Waals surface area (Å²) in [6, 6.07) is -0.714. The molecule has 0 aromatic carbocycles. The van der Waals surface area contributed by atoms with Gasteiger partial charge in [0.15, 0.2) is 0 Å². The largest absolute Gasteiger partial charge is 0.460 e. The minimum atomic E-state index is -0.832. The van der Waals surface area contributed by atoms with E-state index in [0.29, 0.717) is 6.42 Å². The molecule has 0 spiro atoms. The second kappa shape index (κ2) is 7.06. The summed E-state index contributed by atoms with van der Waals surface area (Å²) < 4.78 is 4.46. The number of hydrogen-bond acceptors (Lipinski definition) is 4. The second-order valence-corrected chi connectivity index (χ2v) is 2.10. The van der Waals surface area contributed by atoms with Crippen LogP contribution in [0.25, 0.3) is 0 Å². The number of ketones is 1. The van der Waals surface area contributed by atoms with Gasteiger partial charge in [0, 0.05) is 0 Å². The number of nitrogens with two attached hydrogens (primary N) is 1. The first-order chi connectivity index (χ1) is 5.13. The molecule has 0 heterocycles. The molecule has 0 fully saturated rings. The number of esters is 1. The van der Waals surface area contributed by atoms with Gasteiger partial charge in [0.2, 0.25) is 0 Å². The fourth-order valence-electron chi connectivity index (χ4n) is 0.539. The summed E-state index contributed by atoms with van der Waals surface area (Å²) in [4.78, 5) is 21.6. The van der Waals surface area contributed by atoms with Crippen LogP contribution < -0.4 is 5.73 Å². The molecule has 0 amide bonds. The van der Waals surface area contributed by atoms with E-state index in [-0.39, 0.29) is 19.0 Å². The molecule has 0 aromatic rings. The number of ether oxygens (including phenoxy) is 1. The predicted octanol–water partition coefficient (Wildman–Crippen LogP) is 0.278. The lowest BCUT2D eigenvalue weighted by molar-refractivity contribution is -0.154. The molecule has 0 aliphatic rings. The molecule has 0 aromatic heterocycles. The van der Waals surface area contributed by atoms with Crippen molar-refractivity contribution in [1.29, 1.82) is 0 Å². The quantitative estimate of drug-likeness (QED) is 0.517. The maximum atomic E-state index is 10.9. The third-order valence-electron chi connectivity index (χ3n) is 1.25. The van der Waals surface area contributed by atoms with E-state index in [1.54, 1.807) is 13.8 Å². The molecule has 0 radical (unpaired) electrons. The average molecular weight is 196 g/mol. The molecule has 0 saturated heterocycles.